The van der Waals surface area contributed by atoms with Crippen molar-refractivity contribution in [3.63, 3.8) is 0 Å². The average molecular weight is 335 g/mol. The fraction of sp³-hybridized carbons (Fsp3) is 0.588. The second-order valence-electron chi connectivity index (χ2n) is 6.86. The number of thiophene rings is 2. The Morgan fingerprint density at radius 3 is 2.82 bits per heavy atom. The second kappa shape index (κ2) is 5.32. The smallest absolute Gasteiger partial charge is 0.264 e. The van der Waals surface area contributed by atoms with Crippen LogP contribution in [0.4, 0.5) is 0 Å². The molecule has 2 aliphatic heterocycles. The fourth-order valence-corrected chi connectivity index (χ4v) is 6.32. The predicted molar refractivity (Wildman–Crippen MR) is 91.9 cm³/mol. The van der Waals surface area contributed by atoms with E-state index in [1.54, 1.807) is 22.7 Å². The summed E-state index contributed by atoms with van der Waals surface area (Å²) in [6.07, 6.45) is 2.19. The first-order valence-electron chi connectivity index (χ1n) is 7.96. The molecule has 4 rings (SSSR count). The Morgan fingerprint density at radius 2 is 2.14 bits per heavy atom. The first-order chi connectivity index (χ1) is 10.6. The summed E-state index contributed by atoms with van der Waals surface area (Å²) in [7, 11) is 0. The number of likely N-dealkylation sites (tertiary alicyclic amines) is 1. The van der Waals surface area contributed by atoms with E-state index in [2.05, 4.69) is 36.3 Å². The molecular weight excluding hydrogens is 314 g/mol. The molecule has 2 fully saturated rings. The van der Waals surface area contributed by atoms with Gasteiger partial charge in [-0.05, 0) is 36.3 Å². The molecule has 22 heavy (non-hydrogen) atoms. The Morgan fingerprint density at radius 1 is 1.36 bits per heavy atom. The predicted octanol–water partition coefficient (Wildman–Crippen LogP) is 4.24. The molecule has 5 heteroatoms. The Hall–Kier alpha value is -0.910. The van der Waals surface area contributed by atoms with Gasteiger partial charge in [0, 0.05) is 40.6 Å². The number of hydrogen-bond donors (Lipinski definition) is 0. The third-order valence-corrected chi connectivity index (χ3v) is 7.26. The summed E-state index contributed by atoms with van der Waals surface area (Å²) in [5, 5.41) is 2.09. The van der Waals surface area contributed by atoms with Crippen LogP contribution in [-0.4, -0.2) is 36.6 Å². The number of carbonyl (C=O) groups excluding carboxylic acids is 1. The minimum Gasteiger partial charge on any atom is -0.381 e. The van der Waals surface area contributed by atoms with E-state index in [1.807, 2.05) is 0 Å². The van der Waals surface area contributed by atoms with Crippen LogP contribution >= 0.6 is 22.7 Å². The van der Waals surface area contributed by atoms with Gasteiger partial charge in [-0.15, -0.1) is 22.7 Å². The lowest BCUT2D eigenvalue weighted by molar-refractivity contribution is -0.127. The Labute approximate surface area is 138 Å². The van der Waals surface area contributed by atoms with Gasteiger partial charge in [-0.3, -0.25) is 4.79 Å². The maximum Gasteiger partial charge on any atom is 0.264 e. The average Bonchev–Trinajstić information content (AvgIpc) is 3.05. The number of nitrogens with zero attached hydrogens (tertiary/aromatic N) is 1. The third kappa shape index (κ3) is 2.14. The van der Waals surface area contributed by atoms with Crippen molar-refractivity contribution in [3.05, 3.63) is 22.4 Å². The first-order valence-corrected chi connectivity index (χ1v) is 9.66. The number of carbonyl (C=O) groups is 1. The molecule has 0 saturated carbocycles. The summed E-state index contributed by atoms with van der Waals surface area (Å²) in [6, 6.07) is 4.54. The van der Waals surface area contributed by atoms with Crippen LogP contribution in [0, 0.1) is 11.3 Å². The molecule has 3 nitrogen and oxygen atoms in total. The minimum atomic E-state index is 0.226. The lowest BCUT2D eigenvalue weighted by atomic mass is 9.62. The van der Waals surface area contributed by atoms with Gasteiger partial charge in [0.1, 0.15) is 0 Å². The van der Waals surface area contributed by atoms with Gasteiger partial charge >= 0.3 is 0 Å². The first kappa shape index (κ1) is 14.7. The molecule has 4 heterocycles. The highest BCUT2D eigenvalue weighted by Crippen LogP contribution is 2.49. The molecule has 0 radical (unpaired) electrons. The highest BCUT2D eigenvalue weighted by Gasteiger charge is 2.55. The molecule has 0 aliphatic carbocycles. The van der Waals surface area contributed by atoms with E-state index in [0.29, 0.717) is 17.4 Å². The van der Waals surface area contributed by atoms with Gasteiger partial charge in [-0.25, -0.2) is 0 Å². The van der Waals surface area contributed by atoms with Crippen LogP contribution < -0.4 is 0 Å². The Balaban J connectivity index is 1.59. The summed E-state index contributed by atoms with van der Waals surface area (Å²) in [4.78, 5) is 16.0. The lowest BCUT2D eigenvalue weighted by Crippen LogP contribution is -2.69. The summed E-state index contributed by atoms with van der Waals surface area (Å²) in [5.74, 6) is 0.723. The number of hydrogen-bond acceptors (Lipinski definition) is 4. The molecule has 2 saturated heterocycles. The summed E-state index contributed by atoms with van der Waals surface area (Å²) in [5.41, 5.74) is 0.302. The van der Waals surface area contributed by atoms with Gasteiger partial charge in [0.15, 0.2) is 0 Å². The minimum absolute atomic E-state index is 0.226. The van der Waals surface area contributed by atoms with Crippen molar-refractivity contribution in [2.24, 2.45) is 11.3 Å². The lowest BCUT2D eigenvalue weighted by Gasteiger charge is -2.60. The molecular formula is C17H21NO2S2. The maximum atomic E-state index is 12.9. The van der Waals surface area contributed by atoms with Crippen molar-refractivity contribution in [1.29, 1.82) is 0 Å². The molecule has 2 aliphatic rings. The molecule has 1 amide bonds. The Kier molecular flexibility index (Phi) is 3.55. The van der Waals surface area contributed by atoms with E-state index < -0.39 is 0 Å². The highest BCUT2D eigenvalue weighted by atomic mass is 32.1. The molecule has 1 spiro atoms. The van der Waals surface area contributed by atoms with Crippen LogP contribution in [0.1, 0.15) is 36.4 Å². The molecule has 2 aromatic rings. The topological polar surface area (TPSA) is 29.5 Å². The van der Waals surface area contributed by atoms with Crippen molar-refractivity contribution in [3.8, 4) is 0 Å². The van der Waals surface area contributed by atoms with Gasteiger partial charge in [0.05, 0.1) is 4.88 Å². The zero-order valence-corrected chi connectivity index (χ0v) is 14.6. The Bertz CT molecular complexity index is 668. The standard InChI is InChI=1S/C17H21NO2S2/c1-11(2)15-17(4-6-20-7-5-17)10-18(15)16(19)14-9-13-12(22-14)3-8-21-13/h3,8-9,11,15H,4-7,10H2,1-2H3. The van der Waals surface area contributed by atoms with Crippen LogP contribution in [0.25, 0.3) is 9.40 Å². The van der Waals surface area contributed by atoms with E-state index in [0.717, 1.165) is 37.5 Å². The van der Waals surface area contributed by atoms with Gasteiger partial charge in [-0.2, -0.15) is 0 Å². The van der Waals surface area contributed by atoms with E-state index in [4.69, 9.17) is 4.74 Å². The molecule has 118 valence electrons. The summed E-state index contributed by atoms with van der Waals surface area (Å²) < 4.78 is 8.00. The van der Waals surface area contributed by atoms with Crippen LogP contribution in [0.15, 0.2) is 17.5 Å². The van der Waals surface area contributed by atoms with Crippen molar-refractivity contribution in [1.82, 2.24) is 4.90 Å². The van der Waals surface area contributed by atoms with Crippen molar-refractivity contribution < 1.29 is 9.53 Å². The number of amides is 1. The van der Waals surface area contributed by atoms with Crippen LogP contribution in [0.2, 0.25) is 0 Å². The fourth-order valence-electron chi connectivity index (χ4n) is 4.26. The van der Waals surface area contributed by atoms with Crippen molar-refractivity contribution in [2.45, 2.75) is 32.7 Å². The van der Waals surface area contributed by atoms with Crippen LogP contribution in [0.3, 0.4) is 0 Å². The largest absolute Gasteiger partial charge is 0.381 e. The monoisotopic (exact) mass is 335 g/mol. The van der Waals surface area contributed by atoms with E-state index in [9.17, 15) is 4.79 Å². The number of fused-ring (bicyclic) bond motifs is 1. The van der Waals surface area contributed by atoms with Crippen molar-refractivity contribution in [2.75, 3.05) is 19.8 Å². The zero-order chi connectivity index (χ0) is 15.3. The van der Waals surface area contributed by atoms with Crippen molar-refractivity contribution >= 4 is 38.0 Å². The quantitative estimate of drug-likeness (QED) is 0.821. The molecule has 1 unspecified atom stereocenters. The van der Waals surface area contributed by atoms with Gasteiger partial charge in [-0.1, -0.05) is 13.8 Å². The summed E-state index contributed by atoms with van der Waals surface area (Å²) >= 11 is 3.35. The highest BCUT2D eigenvalue weighted by molar-refractivity contribution is 7.27. The zero-order valence-electron chi connectivity index (χ0n) is 13.0. The van der Waals surface area contributed by atoms with E-state index in [-0.39, 0.29) is 5.91 Å². The number of ether oxygens (including phenoxy) is 1. The third-order valence-electron chi connectivity index (χ3n) is 5.18. The van der Waals surface area contributed by atoms with Gasteiger partial charge in [0.2, 0.25) is 0 Å². The van der Waals surface area contributed by atoms with Crippen LogP contribution in [0.5, 0.6) is 0 Å². The maximum absolute atomic E-state index is 12.9. The van der Waals surface area contributed by atoms with Gasteiger partial charge < -0.3 is 9.64 Å². The summed E-state index contributed by atoms with van der Waals surface area (Å²) in [6.45, 7) is 7.09. The molecule has 0 N–H and O–H groups in total. The molecule has 2 aromatic heterocycles. The molecule has 0 aromatic carbocycles. The molecule has 1 atom stereocenters. The second-order valence-corrected chi connectivity index (χ2v) is 8.89. The van der Waals surface area contributed by atoms with Gasteiger partial charge in [0.25, 0.3) is 5.91 Å². The molecule has 0 bridgehead atoms. The van der Waals surface area contributed by atoms with Crippen LogP contribution in [-0.2, 0) is 4.74 Å². The normalized spacial score (nSPS) is 24.1. The number of rotatable bonds is 2. The SMILES string of the molecule is CC(C)C1N(C(=O)c2cc3sccc3s2)CC12CCOCC2. The van der Waals surface area contributed by atoms with E-state index >= 15 is 0 Å². The van der Waals surface area contributed by atoms with E-state index in [1.165, 1.54) is 9.40 Å².